The van der Waals surface area contributed by atoms with Crippen molar-refractivity contribution >= 4 is 23.7 Å². The van der Waals surface area contributed by atoms with Crippen molar-refractivity contribution in [3.8, 4) is 11.1 Å². The molecule has 0 radical (unpaired) electrons. The molecule has 2 aromatic carbocycles. The molecule has 180 valence electrons. The van der Waals surface area contributed by atoms with Crippen molar-refractivity contribution in [2.75, 3.05) is 11.9 Å². The highest BCUT2D eigenvalue weighted by atomic mass is 16.5. The van der Waals surface area contributed by atoms with E-state index < -0.39 is 24.0 Å². The van der Waals surface area contributed by atoms with E-state index >= 15 is 0 Å². The first-order valence-corrected chi connectivity index (χ1v) is 11.6. The first kappa shape index (κ1) is 22.6. The first-order chi connectivity index (χ1) is 16.9. The van der Waals surface area contributed by atoms with Gasteiger partial charge in [-0.1, -0.05) is 55.0 Å². The number of rotatable bonds is 6. The molecule has 1 aromatic heterocycles. The molecule has 2 amide bonds. The van der Waals surface area contributed by atoms with Gasteiger partial charge in [-0.15, -0.1) is 0 Å². The van der Waals surface area contributed by atoms with Crippen molar-refractivity contribution in [2.24, 2.45) is 13.0 Å². The number of carboxylic acids is 1. The van der Waals surface area contributed by atoms with Gasteiger partial charge in [-0.3, -0.25) is 9.48 Å². The van der Waals surface area contributed by atoms with E-state index in [1.54, 1.807) is 7.05 Å². The molecule has 1 saturated carbocycles. The van der Waals surface area contributed by atoms with Gasteiger partial charge in [0.05, 0.1) is 11.6 Å². The van der Waals surface area contributed by atoms with Crippen LogP contribution in [0, 0.1) is 5.92 Å². The average molecular weight is 475 g/mol. The van der Waals surface area contributed by atoms with E-state index in [4.69, 9.17) is 4.74 Å². The highest BCUT2D eigenvalue weighted by Crippen LogP contribution is 2.44. The number of aryl methyl sites for hydroxylation is 1. The lowest BCUT2D eigenvalue weighted by atomic mass is 9.98. The number of anilines is 1. The Kier molecular flexibility index (Phi) is 5.98. The zero-order chi connectivity index (χ0) is 24.5. The van der Waals surface area contributed by atoms with Gasteiger partial charge in [0, 0.05) is 25.2 Å². The molecule has 3 aromatic rings. The molecule has 0 unspecified atom stereocenters. The molecule has 3 N–H and O–H groups in total. The van der Waals surface area contributed by atoms with Gasteiger partial charge in [-0.05, 0) is 35.1 Å². The molecule has 2 aliphatic rings. The SMILES string of the molecule is Cn1cc(NC(=O)[C@@H]2CCC[C@@H]2NC(=O)OCC2c3ccccc3-c3ccccc32)c(C(=O)O)n1. The molecule has 9 nitrogen and oxygen atoms in total. The molecule has 0 saturated heterocycles. The molecular formula is C26H26N4O5. The number of hydrogen-bond acceptors (Lipinski definition) is 5. The number of nitrogens with zero attached hydrogens (tertiary/aromatic N) is 2. The monoisotopic (exact) mass is 474 g/mol. The van der Waals surface area contributed by atoms with Crippen LogP contribution in [0.4, 0.5) is 10.5 Å². The van der Waals surface area contributed by atoms with Crippen LogP contribution in [-0.2, 0) is 16.6 Å². The lowest BCUT2D eigenvalue weighted by Crippen LogP contribution is -2.42. The van der Waals surface area contributed by atoms with E-state index in [2.05, 4.69) is 40.0 Å². The Morgan fingerprint density at radius 3 is 2.37 bits per heavy atom. The maximum atomic E-state index is 12.9. The average Bonchev–Trinajstić information content (AvgIpc) is 3.53. The summed E-state index contributed by atoms with van der Waals surface area (Å²) in [5, 5.41) is 18.7. The van der Waals surface area contributed by atoms with Gasteiger partial charge in [0.2, 0.25) is 5.91 Å². The number of fused-ring (bicyclic) bond motifs is 3. The normalized spacial score (nSPS) is 18.5. The largest absolute Gasteiger partial charge is 0.476 e. The van der Waals surface area contributed by atoms with Crippen molar-refractivity contribution in [3.63, 3.8) is 0 Å². The van der Waals surface area contributed by atoms with Gasteiger partial charge >= 0.3 is 12.1 Å². The number of carboxylic acid groups (broad SMARTS) is 1. The summed E-state index contributed by atoms with van der Waals surface area (Å²) in [4.78, 5) is 37.0. The Hall–Kier alpha value is -4.14. The first-order valence-electron chi connectivity index (χ1n) is 11.6. The van der Waals surface area contributed by atoms with E-state index in [1.807, 2.05) is 24.3 Å². The molecule has 0 aliphatic heterocycles. The van der Waals surface area contributed by atoms with E-state index in [0.717, 1.165) is 28.7 Å². The van der Waals surface area contributed by atoms with E-state index in [9.17, 15) is 19.5 Å². The Labute approximate surface area is 202 Å². The quantitative estimate of drug-likeness (QED) is 0.500. The number of amides is 2. The van der Waals surface area contributed by atoms with Crippen molar-refractivity contribution in [2.45, 2.75) is 31.2 Å². The fourth-order valence-corrected chi connectivity index (χ4v) is 5.20. The molecule has 1 heterocycles. The third-order valence-corrected chi connectivity index (χ3v) is 6.79. The van der Waals surface area contributed by atoms with Crippen LogP contribution in [0.1, 0.15) is 46.8 Å². The fraction of sp³-hybridized carbons (Fsp3) is 0.308. The summed E-state index contributed by atoms with van der Waals surface area (Å²) in [6, 6.07) is 15.8. The molecule has 5 rings (SSSR count). The minimum Gasteiger partial charge on any atom is -0.476 e. The third-order valence-electron chi connectivity index (χ3n) is 6.79. The summed E-state index contributed by atoms with van der Waals surface area (Å²) >= 11 is 0. The maximum Gasteiger partial charge on any atom is 0.407 e. The molecule has 1 fully saturated rings. The Bertz CT molecular complexity index is 1250. The molecule has 0 spiro atoms. The van der Waals surface area contributed by atoms with Crippen LogP contribution in [-0.4, -0.2) is 45.5 Å². The number of carbonyl (C=O) groups is 3. The van der Waals surface area contributed by atoms with Crippen LogP contribution in [0.5, 0.6) is 0 Å². The summed E-state index contributed by atoms with van der Waals surface area (Å²) in [5.74, 6) is -2.10. The second kappa shape index (κ2) is 9.25. The summed E-state index contributed by atoms with van der Waals surface area (Å²) in [5.41, 5.74) is 4.48. The summed E-state index contributed by atoms with van der Waals surface area (Å²) in [7, 11) is 1.58. The van der Waals surface area contributed by atoms with Crippen LogP contribution in [0.15, 0.2) is 54.7 Å². The van der Waals surface area contributed by atoms with Gasteiger partial charge in [0.1, 0.15) is 6.61 Å². The Morgan fingerprint density at radius 1 is 1.06 bits per heavy atom. The van der Waals surface area contributed by atoms with Crippen LogP contribution in [0.3, 0.4) is 0 Å². The predicted molar refractivity (Wildman–Crippen MR) is 128 cm³/mol. The van der Waals surface area contributed by atoms with Gasteiger partial charge in [-0.25, -0.2) is 9.59 Å². The zero-order valence-electron chi connectivity index (χ0n) is 19.2. The van der Waals surface area contributed by atoms with E-state index in [1.165, 1.54) is 10.9 Å². The van der Waals surface area contributed by atoms with Gasteiger partial charge < -0.3 is 20.5 Å². The molecular weight excluding hydrogens is 448 g/mol. The summed E-state index contributed by atoms with van der Waals surface area (Å²) in [6.45, 7) is 0.196. The molecule has 2 atom stereocenters. The number of carbonyl (C=O) groups excluding carboxylic acids is 2. The molecule has 9 heteroatoms. The van der Waals surface area contributed by atoms with Gasteiger partial charge in [0.25, 0.3) is 0 Å². The van der Waals surface area contributed by atoms with Gasteiger partial charge in [-0.2, -0.15) is 5.10 Å². The Balaban J connectivity index is 1.22. The summed E-state index contributed by atoms with van der Waals surface area (Å²) in [6.07, 6.45) is 2.88. The van der Waals surface area contributed by atoms with Gasteiger partial charge in [0.15, 0.2) is 5.69 Å². The van der Waals surface area contributed by atoms with Crippen LogP contribution in [0.25, 0.3) is 11.1 Å². The number of aromatic nitrogens is 2. The number of ether oxygens (including phenoxy) is 1. The minimum atomic E-state index is -1.22. The summed E-state index contributed by atoms with van der Waals surface area (Å²) < 4.78 is 6.96. The highest BCUT2D eigenvalue weighted by molar-refractivity contribution is 6.00. The second-order valence-electron chi connectivity index (χ2n) is 8.97. The van der Waals surface area contributed by atoms with E-state index in [-0.39, 0.29) is 29.8 Å². The number of benzene rings is 2. The van der Waals surface area contributed by atoms with Crippen molar-refractivity contribution in [1.29, 1.82) is 0 Å². The predicted octanol–water partition coefficient (Wildman–Crippen LogP) is 3.76. The number of alkyl carbamates (subject to hydrolysis) is 1. The number of hydrogen-bond donors (Lipinski definition) is 3. The second-order valence-corrected chi connectivity index (χ2v) is 8.97. The third kappa shape index (κ3) is 4.37. The highest BCUT2D eigenvalue weighted by Gasteiger charge is 2.36. The van der Waals surface area contributed by atoms with Crippen molar-refractivity contribution < 1.29 is 24.2 Å². The zero-order valence-corrected chi connectivity index (χ0v) is 19.2. The van der Waals surface area contributed by atoms with Crippen molar-refractivity contribution in [3.05, 3.63) is 71.5 Å². The molecule has 0 bridgehead atoms. The Morgan fingerprint density at radius 2 is 1.71 bits per heavy atom. The van der Waals surface area contributed by atoms with Crippen molar-refractivity contribution in [1.82, 2.24) is 15.1 Å². The van der Waals surface area contributed by atoms with Crippen LogP contribution >= 0.6 is 0 Å². The lowest BCUT2D eigenvalue weighted by Gasteiger charge is -2.21. The topological polar surface area (TPSA) is 123 Å². The fourth-order valence-electron chi connectivity index (χ4n) is 5.20. The standard InChI is InChI=1S/C26H26N4O5/c1-30-13-22(23(29-30)25(32)33)27-24(31)19-11-6-12-21(19)28-26(34)35-14-20-17-9-4-2-7-15(17)16-8-3-5-10-18(16)20/h2-5,7-10,13,19-21H,6,11-12,14H2,1H3,(H,27,31)(H,28,34)(H,32,33)/t19-,21+/m1/s1. The van der Waals surface area contributed by atoms with Crippen LogP contribution in [0.2, 0.25) is 0 Å². The maximum absolute atomic E-state index is 12.9. The number of nitrogens with one attached hydrogen (secondary N) is 2. The van der Waals surface area contributed by atoms with Crippen LogP contribution < -0.4 is 10.6 Å². The smallest absolute Gasteiger partial charge is 0.407 e. The lowest BCUT2D eigenvalue weighted by molar-refractivity contribution is -0.120. The van der Waals surface area contributed by atoms with E-state index in [0.29, 0.717) is 12.8 Å². The minimum absolute atomic E-state index is 0.0455. The number of aromatic carboxylic acids is 1. The molecule has 35 heavy (non-hydrogen) atoms. The molecule has 2 aliphatic carbocycles.